The summed E-state index contributed by atoms with van der Waals surface area (Å²) < 4.78 is 5.02. The third kappa shape index (κ3) is 4.02. The Kier molecular flexibility index (Phi) is 4.79. The van der Waals surface area contributed by atoms with Crippen LogP contribution in [0.3, 0.4) is 0 Å². The highest BCUT2D eigenvalue weighted by molar-refractivity contribution is 5.21. The van der Waals surface area contributed by atoms with Gasteiger partial charge in [0.05, 0.1) is 12.7 Å². The summed E-state index contributed by atoms with van der Waals surface area (Å²) >= 11 is 0. The fourth-order valence-electron chi connectivity index (χ4n) is 1.54. The van der Waals surface area contributed by atoms with Crippen LogP contribution in [0.1, 0.15) is 18.1 Å². The highest BCUT2D eigenvalue weighted by Crippen LogP contribution is 2.11. The van der Waals surface area contributed by atoms with Gasteiger partial charge in [-0.1, -0.05) is 36.8 Å². The van der Waals surface area contributed by atoms with Crippen molar-refractivity contribution in [2.45, 2.75) is 26.4 Å². The maximum Gasteiger partial charge on any atom is 0.0628 e. The molecule has 2 heteroatoms. The molecule has 0 aromatic heterocycles. The molecule has 0 spiro atoms. The van der Waals surface area contributed by atoms with Gasteiger partial charge in [0.2, 0.25) is 0 Å². The number of hydrogen-bond donors (Lipinski definition) is 1. The molecule has 15 heavy (non-hydrogen) atoms. The minimum atomic E-state index is -0.326. The molecule has 0 bridgehead atoms. The first-order valence-electron chi connectivity index (χ1n) is 5.36. The largest absolute Gasteiger partial charge is 0.392 e. The predicted molar refractivity (Wildman–Crippen MR) is 61.9 cm³/mol. The van der Waals surface area contributed by atoms with Gasteiger partial charge in [-0.25, -0.2) is 0 Å². The third-order valence-corrected chi connectivity index (χ3v) is 2.65. The first-order valence-corrected chi connectivity index (χ1v) is 5.36. The zero-order valence-electron chi connectivity index (χ0n) is 9.73. The number of ether oxygens (including phenoxy) is 1. The summed E-state index contributed by atoms with van der Waals surface area (Å²) in [5, 5.41) is 9.89. The fraction of sp³-hybridized carbons (Fsp3) is 0.538. The van der Waals surface area contributed by atoms with Crippen LogP contribution in [-0.4, -0.2) is 24.9 Å². The maximum absolute atomic E-state index is 9.89. The first-order chi connectivity index (χ1) is 7.13. The molecule has 2 atom stereocenters. The van der Waals surface area contributed by atoms with E-state index in [1.807, 2.05) is 6.92 Å². The zero-order chi connectivity index (χ0) is 11.3. The molecule has 0 aliphatic carbocycles. The lowest BCUT2D eigenvalue weighted by Crippen LogP contribution is -2.24. The van der Waals surface area contributed by atoms with Gasteiger partial charge in [-0.3, -0.25) is 0 Å². The Labute approximate surface area is 91.9 Å². The van der Waals surface area contributed by atoms with Crippen LogP contribution in [0.5, 0.6) is 0 Å². The van der Waals surface area contributed by atoms with Crippen LogP contribution in [0.15, 0.2) is 24.3 Å². The van der Waals surface area contributed by atoms with E-state index in [4.69, 9.17) is 4.74 Å². The second-order valence-electron chi connectivity index (χ2n) is 4.19. The van der Waals surface area contributed by atoms with Crippen molar-refractivity contribution in [3.05, 3.63) is 35.4 Å². The summed E-state index contributed by atoms with van der Waals surface area (Å²) in [7, 11) is 1.66. The molecule has 0 saturated carbocycles. The van der Waals surface area contributed by atoms with Crippen LogP contribution in [0.25, 0.3) is 0 Å². The topological polar surface area (TPSA) is 29.5 Å². The Bertz CT molecular complexity index is 279. The van der Waals surface area contributed by atoms with Crippen LogP contribution >= 0.6 is 0 Å². The third-order valence-electron chi connectivity index (χ3n) is 2.65. The van der Waals surface area contributed by atoms with Crippen molar-refractivity contribution >= 4 is 0 Å². The summed E-state index contributed by atoms with van der Waals surface area (Å²) in [5.74, 6) is 0.177. The molecule has 2 unspecified atom stereocenters. The van der Waals surface area contributed by atoms with Gasteiger partial charge in [0.25, 0.3) is 0 Å². The van der Waals surface area contributed by atoms with E-state index in [0.29, 0.717) is 13.0 Å². The smallest absolute Gasteiger partial charge is 0.0628 e. The van der Waals surface area contributed by atoms with Crippen molar-refractivity contribution in [1.29, 1.82) is 0 Å². The number of aliphatic hydroxyl groups excluding tert-OH is 1. The normalized spacial score (nSPS) is 14.9. The van der Waals surface area contributed by atoms with Crippen molar-refractivity contribution < 1.29 is 9.84 Å². The average molecular weight is 208 g/mol. The SMILES string of the molecule is COCC(C)C(O)Cc1ccc(C)cc1. The van der Waals surface area contributed by atoms with E-state index in [2.05, 4.69) is 31.2 Å². The Balaban J connectivity index is 2.50. The summed E-state index contributed by atoms with van der Waals surface area (Å²) in [6, 6.07) is 8.28. The summed E-state index contributed by atoms with van der Waals surface area (Å²) in [5.41, 5.74) is 2.43. The molecular weight excluding hydrogens is 188 g/mol. The van der Waals surface area contributed by atoms with Gasteiger partial charge in [0, 0.05) is 13.0 Å². The van der Waals surface area contributed by atoms with Crippen molar-refractivity contribution in [3.63, 3.8) is 0 Å². The number of benzene rings is 1. The molecular formula is C13H20O2. The Morgan fingerprint density at radius 1 is 1.27 bits per heavy atom. The van der Waals surface area contributed by atoms with Gasteiger partial charge in [-0.15, -0.1) is 0 Å². The van der Waals surface area contributed by atoms with E-state index in [1.165, 1.54) is 11.1 Å². The average Bonchev–Trinajstić information content (AvgIpc) is 2.22. The van der Waals surface area contributed by atoms with Gasteiger partial charge in [0.1, 0.15) is 0 Å². The molecule has 84 valence electrons. The lowest BCUT2D eigenvalue weighted by atomic mass is 9.98. The minimum absolute atomic E-state index is 0.177. The van der Waals surface area contributed by atoms with Crippen molar-refractivity contribution in [2.24, 2.45) is 5.92 Å². The molecule has 0 heterocycles. The molecule has 0 fully saturated rings. The highest BCUT2D eigenvalue weighted by Gasteiger charge is 2.14. The van der Waals surface area contributed by atoms with Crippen LogP contribution in [0.2, 0.25) is 0 Å². The summed E-state index contributed by atoms with van der Waals surface area (Å²) in [6.07, 6.45) is 0.373. The molecule has 1 rings (SSSR count). The molecule has 2 nitrogen and oxygen atoms in total. The first kappa shape index (κ1) is 12.2. The van der Waals surface area contributed by atoms with Gasteiger partial charge >= 0.3 is 0 Å². The second-order valence-corrected chi connectivity index (χ2v) is 4.19. The number of rotatable bonds is 5. The summed E-state index contributed by atoms with van der Waals surface area (Å²) in [6.45, 7) is 4.67. The molecule has 0 radical (unpaired) electrons. The molecule has 1 aromatic carbocycles. The van der Waals surface area contributed by atoms with E-state index in [9.17, 15) is 5.11 Å². The molecule has 1 aromatic rings. The molecule has 0 saturated heterocycles. The van der Waals surface area contributed by atoms with Crippen molar-refractivity contribution in [2.75, 3.05) is 13.7 Å². The number of aliphatic hydroxyl groups is 1. The standard InChI is InChI=1S/C13H20O2/c1-10-4-6-12(7-5-10)8-13(14)11(2)9-15-3/h4-7,11,13-14H,8-9H2,1-3H3. The molecule has 0 amide bonds. The van der Waals surface area contributed by atoms with Crippen LogP contribution in [0, 0.1) is 12.8 Å². The summed E-state index contributed by atoms with van der Waals surface area (Å²) in [4.78, 5) is 0. The van der Waals surface area contributed by atoms with Gasteiger partial charge < -0.3 is 9.84 Å². The van der Waals surface area contributed by atoms with Gasteiger partial charge in [-0.05, 0) is 18.9 Å². The number of hydrogen-bond acceptors (Lipinski definition) is 2. The van der Waals surface area contributed by atoms with Crippen molar-refractivity contribution in [3.8, 4) is 0 Å². The van der Waals surface area contributed by atoms with Gasteiger partial charge in [0.15, 0.2) is 0 Å². The molecule has 0 aliphatic heterocycles. The highest BCUT2D eigenvalue weighted by atomic mass is 16.5. The van der Waals surface area contributed by atoms with Crippen LogP contribution < -0.4 is 0 Å². The monoisotopic (exact) mass is 208 g/mol. The van der Waals surface area contributed by atoms with Crippen LogP contribution in [0.4, 0.5) is 0 Å². The zero-order valence-corrected chi connectivity index (χ0v) is 9.73. The minimum Gasteiger partial charge on any atom is -0.392 e. The number of methoxy groups -OCH3 is 1. The van der Waals surface area contributed by atoms with Crippen molar-refractivity contribution in [1.82, 2.24) is 0 Å². The lowest BCUT2D eigenvalue weighted by Gasteiger charge is -2.17. The Morgan fingerprint density at radius 2 is 1.87 bits per heavy atom. The van der Waals surface area contributed by atoms with E-state index in [1.54, 1.807) is 7.11 Å². The van der Waals surface area contributed by atoms with Gasteiger partial charge in [-0.2, -0.15) is 0 Å². The fourth-order valence-corrected chi connectivity index (χ4v) is 1.54. The molecule has 1 N–H and O–H groups in total. The molecule has 0 aliphatic rings. The lowest BCUT2D eigenvalue weighted by molar-refractivity contribution is 0.0575. The van der Waals surface area contributed by atoms with Crippen LogP contribution in [-0.2, 0) is 11.2 Å². The quantitative estimate of drug-likeness (QED) is 0.803. The van der Waals surface area contributed by atoms with E-state index < -0.39 is 0 Å². The Morgan fingerprint density at radius 3 is 2.40 bits per heavy atom. The van der Waals surface area contributed by atoms with E-state index in [-0.39, 0.29) is 12.0 Å². The predicted octanol–water partition coefficient (Wildman–Crippen LogP) is 2.18. The second kappa shape index (κ2) is 5.89. The van der Waals surface area contributed by atoms with E-state index in [0.717, 1.165) is 0 Å². The van der Waals surface area contributed by atoms with E-state index >= 15 is 0 Å². The Hall–Kier alpha value is -0.860. The number of aryl methyl sites for hydroxylation is 1. The maximum atomic E-state index is 9.89.